The molecular formula is C12H14N2O5S. The molecule has 0 saturated heterocycles. The van der Waals surface area contributed by atoms with Crippen LogP contribution in [-0.4, -0.2) is 24.1 Å². The highest BCUT2D eigenvalue weighted by Crippen LogP contribution is 2.20. The number of aryl methyl sites for hydroxylation is 2. The molecule has 0 unspecified atom stereocenters. The summed E-state index contributed by atoms with van der Waals surface area (Å²) in [5.74, 6) is -1.67. The first-order valence-corrected chi connectivity index (χ1v) is 7.23. The summed E-state index contributed by atoms with van der Waals surface area (Å²) in [7, 11) is -2.02. The van der Waals surface area contributed by atoms with Crippen molar-refractivity contribution >= 4 is 16.0 Å². The molecule has 2 aromatic heterocycles. The molecule has 2 heterocycles. The highest BCUT2D eigenvalue weighted by molar-refractivity contribution is 7.89. The van der Waals surface area contributed by atoms with Crippen molar-refractivity contribution in [3.8, 4) is 0 Å². The van der Waals surface area contributed by atoms with Crippen LogP contribution in [0.1, 0.15) is 22.0 Å². The van der Waals surface area contributed by atoms with Crippen LogP contribution in [0.2, 0.25) is 0 Å². The molecule has 0 aliphatic carbocycles. The van der Waals surface area contributed by atoms with E-state index in [9.17, 15) is 13.2 Å². The van der Waals surface area contributed by atoms with Gasteiger partial charge in [0.2, 0.25) is 15.8 Å². The lowest BCUT2D eigenvalue weighted by Gasteiger charge is -2.06. The second kappa shape index (κ2) is 5.14. The van der Waals surface area contributed by atoms with E-state index < -0.39 is 21.8 Å². The minimum Gasteiger partial charge on any atom is -0.475 e. The first-order chi connectivity index (χ1) is 9.31. The van der Waals surface area contributed by atoms with Crippen molar-refractivity contribution in [3.05, 3.63) is 41.6 Å². The van der Waals surface area contributed by atoms with Gasteiger partial charge in [0, 0.05) is 25.0 Å². The van der Waals surface area contributed by atoms with Gasteiger partial charge in [-0.2, -0.15) is 0 Å². The molecule has 2 N–H and O–H groups in total. The Morgan fingerprint density at radius 1 is 1.50 bits per heavy atom. The minimum atomic E-state index is -3.82. The maximum absolute atomic E-state index is 12.1. The van der Waals surface area contributed by atoms with E-state index in [2.05, 4.69) is 4.72 Å². The number of rotatable bonds is 5. The Labute approximate surface area is 115 Å². The van der Waals surface area contributed by atoms with Crippen LogP contribution in [0.3, 0.4) is 0 Å². The number of carboxylic acids is 1. The third-order valence-corrected chi connectivity index (χ3v) is 4.38. The summed E-state index contributed by atoms with van der Waals surface area (Å²) >= 11 is 0. The van der Waals surface area contributed by atoms with Gasteiger partial charge in [0.05, 0.1) is 6.54 Å². The van der Waals surface area contributed by atoms with E-state index in [1.165, 1.54) is 6.92 Å². The highest BCUT2D eigenvalue weighted by atomic mass is 32.2. The molecule has 0 spiro atoms. The average Bonchev–Trinajstić information content (AvgIpc) is 2.93. The van der Waals surface area contributed by atoms with Crippen molar-refractivity contribution in [2.45, 2.75) is 18.4 Å². The topological polar surface area (TPSA) is 102 Å². The smallest absolute Gasteiger partial charge is 0.371 e. The molecule has 8 heteroatoms. The van der Waals surface area contributed by atoms with Gasteiger partial charge >= 0.3 is 5.97 Å². The summed E-state index contributed by atoms with van der Waals surface area (Å²) in [6.07, 6.45) is 1.80. The number of nitrogens with zero attached hydrogens (tertiary/aromatic N) is 1. The lowest BCUT2D eigenvalue weighted by Crippen LogP contribution is -2.24. The molecular weight excluding hydrogens is 284 g/mol. The van der Waals surface area contributed by atoms with Crippen LogP contribution in [0.25, 0.3) is 0 Å². The van der Waals surface area contributed by atoms with Crippen molar-refractivity contribution in [3.63, 3.8) is 0 Å². The third-order valence-electron chi connectivity index (χ3n) is 2.87. The number of sulfonamides is 1. The van der Waals surface area contributed by atoms with E-state index in [4.69, 9.17) is 9.52 Å². The molecule has 0 amide bonds. The molecule has 0 saturated carbocycles. The van der Waals surface area contributed by atoms with Gasteiger partial charge in [-0.1, -0.05) is 0 Å². The SMILES string of the molecule is Cc1oc(C(=O)O)cc1S(=O)(=O)NCc1cccn1C. The summed E-state index contributed by atoms with van der Waals surface area (Å²) in [5, 5.41) is 8.79. The summed E-state index contributed by atoms with van der Waals surface area (Å²) in [6, 6.07) is 4.59. The van der Waals surface area contributed by atoms with Gasteiger partial charge in [-0.15, -0.1) is 0 Å². The molecule has 20 heavy (non-hydrogen) atoms. The Hall–Kier alpha value is -2.06. The zero-order valence-electron chi connectivity index (χ0n) is 11.0. The van der Waals surface area contributed by atoms with Crippen molar-refractivity contribution in [2.24, 2.45) is 7.05 Å². The molecule has 0 aromatic carbocycles. The van der Waals surface area contributed by atoms with Gasteiger partial charge in [-0.05, 0) is 19.1 Å². The number of aromatic carboxylic acids is 1. The van der Waals surface area contributed by atoms with Gasteiger partial charge in [-0.25, -0.2) is 17.9 Å². The fourth-order valence-electron chi connectivity index (χ4n) is 1.76. The fourth-order valence-corrected chi connectivity index (χ4v) is 2.94. The monoisotopic (exact) mass is 298 g/mol. The predicted molar refractivity (Wildman–Crippen MR) is 69.8 cm³/mol. The largest absolute Gasteiger partial charge is 0.475 e. The molecule has 7 nitrogen and oxygen atoms in total. The Kier molecular flexibility index (Phi) is 3.69. The molecule has 0 radical (unpaired) electrons. The third kappa shape index (κ3) is 2.75. The number of aromatic nitrogens is 1. The van der Waals surface area contributed by atoms with E-state index in [-0.39, 0.29) is 17.2 Å². The minimum absolute atomic E-state index is 0.0433. The molecule has 0 bridgehead atoms. The lowest BCUT2D eigenvalue weighted by atomic mass is 10.4. The second-order valence-electron chi connectivity index (χ2n) is 4.27. The highest BCUT2D eigenvalue weighted by Gasteiger charge is 2.23. The predicted octanol–water partition coefficient (Wildman–Crippen LogP) is 1.10. The molecule has 0 atom stereocenters. The number of carboxylic acid groups (broad SMARTS) is 1. The molecule has 0 aliphatic heterocycles. The van der Waals surface area contributed by atoms with Crippen LogP contribution in [0.15, 0.2) is 33.7 Å². The van der Waals surface area contributed by atoms with Crippen LogP contribution in [-0.2, 0) is 23.6 Å². The second-order valence-corrected chi connectivity index (χ2v) is 6.01. The number of hydrogen-bond acceptors (Lipinski definition) is 4. The Balaban J connectivity index is 2.22. The van der Waals surface area contributed by atoms with Gasteiger partial charge in [-0.3, -0.25) is 0 Å². The van der Waals surface area contributed by atoms with E-state index in [1.807, 2.05) is 0 Å². The number of carbonyl (C=O) groups is 1. The standard InChI is InChI=1S/C12H14N2O5S/c1-8-11(6-10(19-8)12(15)16)20(17,18)13-7-9-4-3-5-14(9)2/h3-6,13H,7H2,1-2H3,(H,15,16). The summed E-state index contributed by atoms with van der Waals surface area (Å²) in [6.45, 7) is 1.52. The van der Waals surface area contributed by atoms with Crippen LogP contribution in [0.4, 0.5) is 0 Å². The average molecular weight is 298 g/mol. The summed E-state index contributed by atoms with van der Waals surface area (Å²) in [4.78, 5) is 10.6. The Morgan fingerprint density at radius 3 is 2.70 bits per heavy atom. The van der Waals surface area contributed by atoms with Gasteiger partial charge in [0.15, 0.2) is 0 Å². The van der Waals surface area contributed by atoms with E-state index in [0.717, 1.165) is 11.8 Å². The first-order valence-electron chi connectivity index (χ1n) is 5.75. The normalized spacial score (nSPS) is 11.7. The number of nitrogens with one attached hydrogen (secondary N) is 1. The van der Waals surface area contributed by atoms with E-state index >= 15 is 0 Å². The fraction of sp³-hybridized carbons (Fsp3) is 0.250. The number of hydrogen-bond donors (Lipinski definition) is 2. The van der Waals surface area contributed by atoms with Crippen molar-refractivity contribution in [2.75, 3.05) is 0 Å². The zero-order valence-corrected chi connectivity index (χ0v) is 11.8. The molecule has 0 fully saturated rings. The Morgan fingerprint density at radius 2 is 2.20 bits per heavy atom. The van der Waals surface area contributed by atoms with Crippen molar-refractivity contribution in [1.29, 1.82) is 0 Å². The quantitative estimate of drug-likeness (QED) is 0.860. The molecule has 2 rings (SSSR count). The van der Waals surface area contributed by atoms with E-state index in [1.54, 1.807) is 29.9 Å². The van der Waals surface area contributed by atoms with E-state index in [0.29, 0.717) is 0 Å². The van der Waals surface area contributed by atoms with Gasteiger partial charge in [0.25, 0.3) is 0 Å². The van der Waals surface area contributed by atoms with Gasteiger partial charge < -0.3 is 14.1 Å². The Bertz CT molecular complexity index is 742. The van der Waals surface area contributed by atoms with Crippen LogP contribution in [0, 0.1) is 6.92 Å². The molecule has 0 aliphatic rings. The lowest BCUT2D eigenvalue weighted by molar-refractivity contribution is 0.0661. The van der Waals surface area contributed by atoms with Crippen LogP contribution < -0.4 is 4.72 Å². The summed E-state index contributed by atoms with van der Waals surface area (Å²) in [5.41, 5.74) is 0.785. The molecule has 108 valence electrons. The van der Waals surface area contributed by atoms with Gasteiger partial charge in [0.1, 0.15) is 10.7 Å². The summed E-state index contributed by atoms with van der Waals surface area (Å²) < 4.78 is 33.3. The first kappa shape index (κ1) is 14.4. The zero-order chi connectivity index (χ0) is 14.9. The van der Waals surface area contributed by atoms with Crippen LogP contribution >= 0.6 is 0 Å². The van der Waals surface area contributed by atoms with Crippen molar-refractivity contribution < 1.29 is 22.7 Å². The maximum Gasteiger partial charge on any atom is 0.371 e. The maximum atomic E-state index is 12.1. The number of furan rings is 1. The molecule has 2 aromatic rings. The van der Waals surface area contributed by atoms with Crippen molar-refractivity contribution in [1.82, 2.24) is 9.29 Å². The van der Waals surface area contributed by atoms with Crippen LogP contribution in [0.5, 0.6) is 0 Å².